The van der Waals surface area contributed by atoms with Gasteiger partial charge in [0.05, 0.1) is 23.1 Å². The Hall–Kier alpha value is -5.00. The molecule has 0 saturated carbocycles. The van der Waals surface area contributed by atoms with E-state index < -0.39 is 11.8 Å². The summed E-state index contributed by atoms with van der Waals surface area (Å²) in [5.41, 5.74) is 2.48. The highest BCUT2D eigenvalue weighted by molar-refractivity contribution is 8.00. The van der Waals surface area contributed by atoms with Gasteiger partial charge in [0, 0.05) is 28.5 Å². The fourth-order valence-corrected chi connectivity index (χ4v) is 5.40. The van der Waals surface area contributed by atoms with Gasteiger partial charge < -0.3 is 20.7 Å². The topological polar surface area (TPSA) is 122 Å². The monoisotopic (exact) mass is 595 g/mol. The number of anilines is 2. The first-order valence-electron chi connectivity index (χ1n) is 12.7. The number of methoxy groups -OCH3 is 1. The molecular formula is C31H25N5O4S2. The summed E-state index contributed by atoms with van der Waals surface area (Å²) in [6.45, 7) is 0. The first-order valence-corrected chi connectivity index (χ1v) is 14.5. The third-order valence-electron chi connectivity index (χ3n) is 5.85. The van der Waals surface area contributed by atoms with Crippen LogP contribution in [0.25, 0.3) is 16.3 Å². The van der Waals surface area contributed by atoms with Gasteiger partial charge in [-0.1, -0.05) is 35.6 Å². The molecule has 2 heterocycles. The lowest BCUT2D eigenvalue weighted by atomic mass is 10.2. The number of thiazole rings is 1. The molecule has 0 saturated heterocycles. The zero-order valence-electron chi connectivity index (χ0n) is 22.4. The summed E-state index contributed by atoms with van der Waals surface area (Å²) in [5.74, 6) is -0.151. The van der Waals surface area contributed by atoms with Crippen molar-refractivity contribution in [2.75, 3.05) is 23.5 Å². The van der Waals surface area contributed by atoms with Gasteiger partial charge in [-0.25, -0.2) is 4.98 Å². The van der Waals surface area contributed by atoms with E-state index in [-0.39, 0.29) is 17.4 Å². The Morgan fingerprint density at radius 1 is 0.952 bits per heavy atom. The van der Waals surface area contributed by atoms with Gasteiger partial charge in [-0.2, -0.15) is 0 Å². The number of ether oxygens (including phenoxy) is 1. The third kappa shape index (κ3) is 7.59. The van der Waals surface area contributed by atoms with Crippen LogP contribution in [0.4, 0.5) is 10.8 Å². The van der Waals surface area contributed by atoms with E-state index in [0.29, 0.717) is 21.9 Å². The van der Waals surface area contributed by atoms with E-state index in [0.717, 1.165) is 20.9 Å². The molecule has 9 nitrogen and oxygen atoms in total. The molecule has 5 aromatic rings. The van der Waals surface area contributed by atoms with E-state index in [2.05, 4.69) is 25.9 Å². The van der Waals surface area contributed by atoms with E-state index in [1.165, 1.54) is 23.1 Å². The SMILES string of the molecule is COc1ccc2nc(NC(=O)CSc3ccc(NC(=O)/C(=C/c4cccnc4)NC(=O)c4ccccc4)cc3)sc2c1. The number of benzene rings is 3. The standard InChI is InChI=1S/C31H25N5O4S2/c1-40-23-11-14-25-27(17-23)42-31(35-25)36-28(37)19-41-24-12-9-22(10-13-24)33-30(39)26(16-20-6-5-15-32-18-20)34-29(38)21-7-3-2-4-8-21/h2-18H,19H2,1H3,(H,33,39)(H,34,38)(H,35,36,37)/b26-16-. The van der Waals surface area contributed by atoms with Crippen molar-refractivity contribution in [3.05, 3.63) is 114 Å². The minimum atomic E-state index is -0.489. The Bertz CT molecular complexity index is 1740. The van der Waals surface area contributed by atoms with E-state index in [1.807, 2.05) is 36.4 Å². The number of thioether (sulfide) groups is 1. The Morgan fingerprint density at radius 3 is 2.50 bits per heavy atom. The summed E-state index contributed by atoms with van der Waals surface area (Å²) in [6, 6.07) is 24.8. The predicted octanol–water partition coefficient (Wildman–Crippen LogP) is 5.84. The quantitative estimate of drug-likeness (QED) is 0.137. The number of nitrogens with zero attached hydrogens (tertiary/aromatic N) is 2. The van der Waals surface area contributed by atoms with Gasteiger partial charge in [-0.05, 0) is 72.3 Å². The second kappa shape index (κ2) is 13.6. The molecular weight excluding hydrogens is 571 g/mol. The summed E-state index contributed by atoms with van der Waals surface area (Å²) >= 11 is 2.74. The zero-order valence-corrected chi connectivity index (χ0v) is 24.0. The van der Waals surface area contributed by atoms with Gasteiger partial charge in [0.2, 0.25) is 5.91 Å². The second-order valence-corrected chi connectivity index (χ2v) is 10.9. The smallest absolute Gasteiger partial charge is 0.272 e. The molecule has 0 spiro atoms. The maximum absolute atomic E-state index is 13.2. The predicted molar refractivity (Wildman–Crippen MR) is 167 cm³/mol. The number of carbonyl (C=O) groups excluding carboxylic acids is 3. The Kier molecular flexibility index (Phi) is 9.22. The molecule has 2 aromatic heterocycles. The molecule has 0 aliphatic heterocycles. The summed E-state index contributed by atoms with van der Waals surface area (Å²) in [4.78, 5) is 47.8. The molecule has 0 fully saturated rings. The van der Waals surface area contributed by atoms with Crippen molar-refractivity contribution in [2.24, 2.45) is 0 Å². The summed E-state index contributed by atoms with van der Waals surface area (Å²) in [7, 11) is 1.60. The van der Waals surface area contributed by atoms with Crippen LogP contribution in [0.15, 0.2) is 108 Å². The number of hydrogen-bond donors (Lipinski definition) is 3. The van der Waals surface area contributed by atoms with E-state index >= 15 is 0 Å². The Morgan fingerprint density at radius 2 is 1.76 bits per heavy atom. The Labute approximate surface area is 250 Å². The fraction of sp³-hybridized carbons (Fsp3) is 0.0645. The maximum atomic E-state index is 13.2. The number of rotatable bonds is 10. The largest absolute Gasteiger partial charge is 0.497 e. The number of amides is 3. The number of hydrogen-bond acceptors (Lipinski definition) is 8. The first-order chi connectivity index (χ1) is 20.5. The van der Waals surface area contributed by atoms with Crippen LogP contribution in [-0.4, -0.2) is 40.6 Å². The summed E-state index contributed by atoms with van der Waals surface area (Å²) < 4.78 is 6.16. The molecule has 42 heavy (non-hydrogen) atoms. The van der Waals surface area contributed by atoms with E-state index in [1.54, 1.807) is 74.1 Å². The average Bonchev–Trinajstić information content (AvgIpc) is 3.42. The van der Waals surface area contributed by atoms with Crippen LogP contribution in [0, 0.1) is 0 Å². The molecule has 0 unspecified atom stereocenters. The highest BCUT2D eigenvalue weighted by Gasteiger charge is 2.15. The molecule has 0 aliphatic rings. The number of pyridine rings is 1. The molecule has 3 amide bonds. The molecule has 0 atom stereocenters. The van der Waals surface area contributed by atoms with Crippen LogP contribution in [0.1, 0.15) is 15.9 Å². The highest BCUT2D eigenvalue weighted by Crippen LogP contribution is 2.29. The number of aromatic nitrogens is 2. The van der Waals surface area contributed by atoms with Crippen molar-refractivity contribution < 1.29 is 19.1 Å². The van der Waals surface area contributed by atoms with Crippen LogP contribution < -0.4 is 20.7 Å². The molecule has 0 radical (unpaired) electrons. The highest BCUT2D eigenvalue weighted by atomic mass is 32.2. The van der Waals surface area contributed by atoms with E-state index in [9.17, 15) is 14.4 Å². The van der Waals surface area contributed by atoms with Crippen molar-refractivity contribution in [3.63, 3.8) is 0 Å². The number of nitrogens with one attached hydrogen (secondary N) is 3. The van der Waals surface area contributed by atoms with Crippen LogP contribution in [-0.2, 0) is 9.59 Å². The summed E-state index contributed by atoms with van der Waals surface area (Å²) in [6.07, 6.45) is 4.79. The number of fused-ring (bicyclic) bond motifs is 1. The summed E-state index contributed by atoms with van der Waals surface area (Å²) in [5, 5.41) is 8.89. The van der Waals surface area contributed by atoms with Gasteiger partial charge in [0.25, 0.3) is 11.8 Å². The molecule has 3 N–H and O–H groups in total. The molecule has 210 valence electrons. The van der Waals surface area contributed by atoms with Crippen molar-refractivity contribution in [2.45, 2.75) is 4.90 Å². The van der Waals surface area contributed by atoms with Crippen molar-refractivity contribution >= 4 is 67.9 Å². The third-order valence-corrected chi connectivity index (χ3v) is 7.79. The first kappa shape index (κ1) is 28.5. The fourth-order valence-electron chi connectivity index (χ4n) is 3.79. The second-order valence-electron chi connectivity index (χ2n) is 8.83. The van der Waals surface area contributed by atoms with Gasteiger partial charge in [0.1, 0.15) is 11.4 Å². The lowest BCUT2D eigenvalue weighted by Gasteiger charge is -2.12. The number of carbonyl (C=O) groups is 3. The minimum absolute atomic E-state index is 0.0697. The lowest BCUT2D eigenvalue weighted by Crippen LogP contribution is -2.30. The average molecular weight is 596 g/mol. The molecule has 3 aromatic carbocycles. The van der Waals surface area contributed by atoms with Gasteiger partial charge in [0.15, 0.2) is 5.13 Å². The van der Waals surface area contributed by atoms with Crippen LogP contribution in [0.5, 0.6) is 5.75 Å². The van der Waals surface area contributed by atoms with Crippen LogP contribution in [0.2, 0.25) is 0 Å². The van der Waals surface area contributed by atoms with Gasteiger partial charge in [-0.15, -0.1) is 11.8 Å². The maximum Gasteiger partial charge on any atom is 0.272 e. The van der Waals surface area contributed by atoms with Crippen molar-refractivity contribution in [3.8, 4) is 5.75 Å². The Balaban J connectivity index is 1.19. The molecule has 0 aliphatic carbocycles. The lowest BCUT2D eigenvalue weighted by molar-refractivity contribution is -0.114. The van der Waals surface area contributed by atoms with Crippen molar-refractivity contribution in [1.29, 1.82) is 0 Å². The normalized spacial score (nSPS) is 11.1. The van der Waals surface area contributed by atoms with E-state index in [4.69, 9.17) is 4.74 Å². The van der Waals surface area contributed by atoms with Crippen LogP contribution in [0.3, 0.4) is 0 Å². The molecule has 11 heteroatoms. The molecule has 0 bridgehead atoms. The van der Waals surface area contributed by atoms with Crippen molar-refractivity contribution in [1.82, 2.24) is 15.3 Å². The molecule has 5 rings (SSSR count). The minimum Gasteiger partial charge on any atom is -0.497 e. The zero-order chi connectivity index (χ0) is 29.3. The van der Waals surface area contributed by atoms with Gasteiger partial charge in [-0.3, -0.25) is 19.4 Å². The van der Waals surface area contributed by atoms with Crippen LogP contribution >= 0.6 is 23.1 Å². The van der Waals surface area contributed by atoms with Gasteiger partial charge >= 0.3 is 0 Å².